The molecular formula is C49H71N13O12. The lowest BCUT2D eigenvalue weighted by Gasteiger charge is -2.22. The molecule has 2 aromatic heterocycles. The molecule has 3 aromatic rings. The minimum absolute atomic E-state index is 0.00116. The molecule has 0 bridgehead atoms. The first-order valence-electron chi connectivity index (χ1n) is 24.9. The zero-order valence-electron chi connectivity index (χ0n) is 42.1. The molecule has 0 saturated heterocycles. The van der Waals surface area contributed by atoms with E-state index in [0.717, 1.165) is 55.8 Å². The average molecular weight is 1030 g/mol. The SMILES string of the molecule is CN(Cc1cnc2nc(N)nc(N)c2n1)c1ccc(C(=O)N[C@@H](CCC(=O)NCCCCCN(CCCCCNC(=O)CCCC(=O)O)CCOCCOCCNC(=O)CCCN2C(=O)C=CC2=O)C(=O)O)cc1. The molecular weight excluding hydrogens is 963 g/mol. The van der Waals surface area contributed by atoms with Crippen molar-refractivity contribution in [2.24, 2.45) is 0 Å². The van der Waals surface area contributed by atoms with Crippen molar-refractivity contribution < 1.29 is 58.0 Å². The van der Waals surface area contributed by atoms with Crippen LogP contribution in [0.5, 0.6) is 0 Å². The topological polar surface area (TPSA) is 357 Å². The minimum Gasteiger partial charge on any atom is -0.481 e. The van der Waals surface area contributed by atoms with Crippen LogP contribution in [0.15, 0.2) is 42.6 Å². The van der Waals surface area contributed by atoms with E-state index in [0.29, 0.717) is 89.6 Å². The molecule has 0 spiro atoms. The summed E-state index contributed by atoms with van der Waals surface area (Å²) in [4.78, 5) is 118. The maximum absolute atomic E-state index is 13.0. The number of anilines is 3. The van der Waals surface area contributed by atoms with Crippen LogP contribution in [0.1, 0.15) is 99.5 Å². The van der Waals surface area contributed by atoms with Crippen LogP contribution in [-0.4, -0.2) is 173 Å². The van der Waals surface area contributed by atoms with Crippen LogP contribution < -0.4 is 37.6 Å². The number of aliphatic carboxylic acids is 2. The van der Waals surface area contributed by atoms with Gasteiger partial charge in [0.2, 0.25) is 23.7 Å². The molecule has 1 atom stereocenters. The second-order valence-electron chi connectivity index (χ2n) is 17.6. The van der Waals surface area contributed by atoms with Gasteiger partial charge >= 0.3 is 11.9 Å². The molecule has 3 heterocycles. The predicted molar refractivity (Wildman–Crippen MR) is 272 cm³/mol. The lowest BCUT2D eigenvalue weighted by atomic mass is 10.1. The molecule has 25 nitrogen and oxygen atoms in total. The number of imide groups is 1. The Hall–Kier alpha value is -7.38. The molecule has 10 N–H and O–H groups in total. The third-order valence-corrected chi connectivity index (χ3v) is 11.7. The number of unbranched alkanes of at least 4 members (excludes halogenated alkanes) is 4. The van der Waals surface area contributed by atoms with Crippen LogP contribution in [0.3, 0.4) is 0 Å². The predicted octanol–water partition coefficient (Wildman–Crippen LogP) is 1.17. The van der Waals surface area contributed by atoms with E-state index < -0.39 is 23.9 Å². The van der Waals surface area contributed by atoms with Gasteiger partial charge in [0.15, 0.2) is 17.0 Å². The largest absolute Gasteiger partial charge is 0.481 e. The van der Waals surface area contributed by atoms with Gasteiger partial charge in [0.25, 0.3) is 17.7 Å². The number of hydrogen-bond donors (Lipinski definition) is 8. The fourth-order valence-corrected chi connectivity index (χ4v) is 7.59. The Morgan fingerprint density at radius 1 is 0.689 bits per heavy atom. The van der Waals surface area contributed by atoms with E-state index in [1.807, 2.05) is 11.9 Å². The van der Waals surface area contributed by atoms with Crippen LogP contribution in [0.2, 0.25) is 0 Å². The molecule has 0 saturated carbocycles. The zero-order chi connectivity index (χ0) is 53.7. The smallest absolute Gasteiger partial charge is 0.326 e. The lowest BCUT2D eigenvalue weighted by Crippen LogP contribution is -2.41. The van der Waals surface area contributed by atoms with Crippen molar-refractivity contribution in [3.8, 4) is 0 Å². The van der Waals surface area contributed by atoms with Gasteiger partial charge in [-0.3, -0.25) is 38.5 Å². The minimum atomic E-state index is -1.28. The number of benzene rings is 1. The molecule has 1 aromatic carbocycles. The highest BCUT2D eigenvalue weighted by molar-refractivity contribution is 6.12. The summed E-state index contributed by atoms with van der Waals surface area (Å²) in [6.07, 6.45) is 9.71. The van der Waals surface area contributed by atoms with Gasteiger partial charge in [0.05, 0.1) is 44.9 Å². The maximum atomic E-state index is 13.0. The Labute approximate surface area is 429 Å². The van der Waals surface area contributed by atoms with Crippen LogP contribution in [0.4, 0.5) is 17.5 Å². The van der Waals surface area contributed by atoms with Crippen molar-refractivity contribution in [2.45, 2.75) is 96.1 Å². The number of carboxylic acid groups (broad SMARTS) is 2. The summed E-state index contributed by atoms with van der Waals surface area (Å²) in [7, 11) is 1.83. The number of carbonyl (C=O) groups is 8. The van der Waals surface area contributed by atoms with Gasteiger partial charge in [-0.2, -0.15) is 9.97 Å². The third kappa shape index (κ3) is 22.6. The second-order valence-corrected chi connectivity index (χ2v) is 17.6. The Balaban J connectivity index is 1.09. The van der Waals surface area contributed by atoms with Crippen LogP contribution >= 0.6 is 0 Å². The monoisotopic (exact) mass is 1030 g/mol. The molecule has 0 radical (unpaired) electrons. The van der Waals surface area contributed by atoms with Gasteiger partial charge in [0.1, 0.15) is 6.04 Å². The number of hydrogen-bond acceptors (Lipinski definition) is 18. The molecule has 404 valence electrons. The molecule has 0 aliphatic carbocycles. The van der Waals surface area contributed by atoms with Crippen molar-refractivity contribution in [2.75, 3.05) is 95.7 Å². The van der Waals surface area contributed by atoms with Gasteiger partial charge < -0.3 is 62.2 Å². The number of carbonyl (C=O) groups excluding carboxylic acids is 6. The quantitative estimate of drug-likeness (QED) is 0.0295. The zero-order valence-corrected chi connectivity index (χ0v) is 42.1. The summed E-state index contributed by atoms with van der Waals surface area (Å²) in [5.74, 6) is -4.08. The number of nitrogen functional groups attached to an aromatic ring is 2. The molecule has 1 aliphatic rings. The van der Waals surface area contributed by atoms with Crippen molar-refractivity contribution in [1.82, 2.24) is 51.0 Å². The van der Waals surface area contributed by atoms with E-state index in [1.54, 1.807) is 30.5 Å². The number of nitrogens with two attached hydrogens (primary N) is 2. The molecule has 4 rings (SSSR count). The van der Waals surface area contributed by atoms with Crippen LogP contribution in [0.25, 0.3) is 11.2 Å². The number of amides is 6. The standard InChI is InChI=1S/C49H71N13O12/c1-60(33-35-32-55-46-44(56-35)45(50)58-49(51)59-46)36-15-13-34(14-16-36)47(70)57-37(48(71)72)17-18-40(65)53-22-5-3-7-25-61(24-6-2-4-21-52-38(63)10-8-12-43(68)69)27-29-74-31-30-73-28-23-54-39(64)11-9-26-62-41(66)19-20-42(62)67/h13-16,19-20,32,37H,2-12,17-18,21-31,33H2,1H3,(H,52,63)(H,53,65)(H,54,64)(H,57,70)(H,68,69)(H,71,72)(H4,50,51,55,58,59)/t37-/m0/s1. The molecule has 25 heteroatoms. The van der Waals surface area contributed by atoms with Crippen molar-refractivity contribution in [3.05, 3.63) is 53.9 Å². The summed E-state index contributed by atoms with van der Waals surface area (Å²) in [5.41, 5.74) is 13.8. The van der Waals surface area contributed by atoms with Crippen LogP contribution in [-0.2, 0) is 49.6 Å². The Morgan fingerprint density at radius 3 is 1.93 bits per heavy atom. The van der Waals surface area contributed by atoms with Crippen LogP contribution in [0, 0.1) is 0 Å². The third-order valence-electron chi connectivity index (χ3n) is 11.7. The highest BCUT2D eigenvalue weighted by Crippen LogP contribution is 2.19. The van der Waals surface area contributed by atoms with Crippen molar-refractivity contribution in [1.29, 1.82) is 0 Å². The van der Waals surface area contributed by atoms with E-state index in [1.165, 1.54) is 12.2 Å². The normalized spacial score (nSPS) is 12.5. The number of aromatic nitrogens is 4. The van der Waals surface area contributed by atoms with Gasteiger partial charge in [-0.15, -0.1) is 0 Å². The molecule has 74 heavy (non-hydrogen) atoms. The second kappa shape index (κ2) is 32.6. The maximum Gasteiger partial charge on any atom is 0.326 e. The number of nitrogens with one attached hydrogen (secondary N) is 4. The van der Waals surface area contributed by atoms with Gasteiger partial charge in [-0.1, -0.05) is 12.8 Å². The van der Waals surface area contributed by atoms with Crippen molar-refractivity contribution >= 4 is 76.0 Å². The number of rotatable bonds is 38. The molecule has 0 unspecified atom stereocenters. The first-order chi connectivity index (χ1) is 35.6. The average Bonchev–Trinajstić information content (AvgIpc) is 3.68. The fraction of sp³-hybridized carbons (Fsp3) is 0.551. The van der Waals surface area contributed by atoms with Gasteiger partial charge in [0, 0.05) is 88.9 Å². The van der Waals surface area contributed by atoms with E-state index in [4.69, 9.17) is 26.0 Å². The summed E-state index contributed by atoms with van der Waals surface area (Å²) in [6.45, 7) is 5.51. The number of carboxylic acids is 2. The Kier molecular flexibility index (Phi) is 26.1. The summed E-state index contributed by atoms with van der Waals surface area (Å²) < 4.78 is 11.4. The summed E-state index contributed by atoms with van der Waals surface area (Å²) in [6, 6.07) is 5.30. The Morgan fingerprint density at radius 2 is 1.30 bits per heavy atom. The number of ether oxygens (including phenoxy) is 2. The van der Waals surface area contributed by atoms with Gasteiger partial charge in [-0.05, 0) is 82.3 Å². The number of nitrogens with zero attached hydrogens (tertiary/aromatic N) is 7. The van der Waals surface area contributed by atoms with E-state index in [9.17, 15) is 43.5 Å². The summed E-state index contributed by atoms with van der Waals surface area (Å²) in [5, 5.41) is 29.6. The first kappa shape index (κ1) is 59.2. The number of fused-ring (bicyclic) bond motifs is 1. The van der Waals surface area contributed by atoms with Gasteiger partial charge in [-0.25, -0.2) is 14.8 Å². The molecule has 0 fully saturated rings. The molecule has 1 aliphatic heterocycles. The Bertz CT molecular complexity index is 2350. The summed E-state index contributed by atoms with van der Waals surface area (Å²) >= 11 is 0. The van der Waals surface area contributed by atoms with Crippen molar-refractivity contribution in [3.63, 3.8) is 0 Å². The highest BCUT2D eigenvalue weighted by Gasteiger charge is 2.24. The lowest BCUT2D eigenvalue weighted by molar-refractivity contribution is -0.140. The highest BCUT2D eigenvalue weighted by atomic mass is 16.5. The van der Waals surface area contributed by atoms with E-state index >= 15 is 0 Å². The van der Waals surface area contributed by atoms with E-state index in [-0.39, 0.29) is 91.2 Å². The fourth-order valence-electron chi connectivity index (χ4n) is 7.59. The van der Waals surface area contributed by atoms with E-state index in [2.05, 4.69) is 46.1 Å². The molecule has 6 amide bonds. The first-order valence-corrected chi connectivity index (χ1v) is 24.9.